The number of thioether (sulfide) groups is 1. The molecule has 0 amide bonds. The van der Waals surface area contributed by atoms with Crippen molar-refractivity contribution in [2.45, 2.75) is 24.8 Å². The Morgan fingerprint density at radius 1 is 1.30 bits per heavy atom. The fourth-order valence-corrected chi connectivity index (χ4v) is 5.10. The zero-order valence-corrected chi connectivity index (χ0v) is 13.7. The number of hydrogen-bond acceptors (Lipinski definition) is 4. The standard InChI is InChI=1S/C14H22N2O2S2/c1-12-4-5-13(11-15-2)10-14(12)20(17,18)16-6-3-8-19-9-7-16/h4-5,10,15H,3,6-9,11H2,1-2H3. The molecule has 1 saturated heterocycles. The fraction of sp³-hybridized carbons (Fsp3) is 0.571. The molecule has 20 heavy (non-hydrogen) atoms. The molecule has 0 saturated carbocycles. The van der Waals surface area contributed by atoms with E-state index < -0.39 is 10.0 Å². The summed E-state index contributed by atoms with van der Waals surface area (Å²) in [5.41, 5.74) is 1.82. The molecule has 1 aliphatic heterocycles. The highest BCUT2D eigenvalue weighted by Crippen LogP contribution is 2.23. The van der Waals surface area contributed by atoms with Crippen LogP contribution in [0.2, 0.25) is 0 Å². The molecule has 0 aliphatic carbocycles. The van der Waals surface area contributed by atoms with E-state index in [9.17, 15) is 8.42 Å². The van der Waals surface area contributed by atoms with E-state index in [1.54, 1.807) is 10.4 Å². The normalized spacial score (nSPS) is 17.9. The van der Waals surface area contributed by atoms with Crippen molar-refractivity contribution < 1.29 is 8.42 Å². The number of benzene rings is 1. The summed E-state index contributed by atoms with van der Waals surface area (Å²) >= 11 is 1.83. The average molecular weight is 314 g/mol. The van der Waals surface area contributed by atoms with Crippen molar-refractivity contribution >= 4 is 21.8 Å². The third kappa shape index (κ3) is 3.55. The average Bonchev–Trinajstić information content (AvgIpc) is 2.70. The molecule has 112 valence electrons. The van der Waals surface area contributed by atoms with Crippen molar-refractivity contribution in [3.8, 4) is 0 Å². The number of aryl methyl sites for hydroxylation is 1. The molecule has 2 rings (SSSR count). The minimum Gasteiger partial charge on any atom is -0.316 e. The van der Waals surface area contributed by atoms with Gasteiger partial charge in [0.1, 0.15) is 0 Å². The van der Waals surface area contributed by atoms with Crippen LogP contribution in [0.25, 0.3) is 0 Å². The van der Waals surface area contributed by atoms with Crippen LogP contribution in [-0.2, 0) is 16.6 Å². The number of hydrogen-bond donors (Lipinski definition) is 1. The van der Waals surface area contributed by atoms with Crippen LogP contribution in [0.15, 0.2) is 23.1 Å². The van der Waals surface area contributed by atoms with Gasteiger partial charge in [-0.15, -0.1) is 0 Å². The molecule has 0 spiro atoms. The molecule has 0 radical (unpaired) electrons. The molecule has 1 heterocycles. The molecule has 0 atom stereocenters. The summed E-state index contributed by atoms with van der Waals surface area (Å²) in [5.74, 6) is 1.93. The van der Waals surface area contributed by atoms with Crippen LogP contribution < -0.4 is 5.32 Å². The van der Waals surface area contributed by atoms with Crippen LogP contribution >= 0.6 is 11.8 Å². The third-order valence-corrected chi connectivity index (χ3v) is 6.52. The first-order valence-electron chi connectivity index (χ1n) is 6.87. The molecule has 0 bridgehead atoms. The van der Waals surface area contributed by atoms with E-state index in [-0.39, 0.29) is 0 Å². The van der Waals surface area contributed by atoms with Gasteiger partial charge >= 0.3 is 0 Å². The summed E-state index contributed by atoms with van der Waals surface area (Å²) in [7, 11) is -1.50. The van der Waals surface area contributed by atoms with Crippen molar-refractivity contribution in [1.82, 2.24) is 9.62 Å². The molecule has 1 N–H and O–H groups in total. The summed E-state index contributed by atoms with van der Waals surface area (Å²) in [4.78, 5) is 0.456. The molecule has 4 nitrogen and oxygen atoms in total. The second kappa shape index (κ2) is 6.93. The van der Waals surface area contributed by atoms with Crippen molar-refractivity contribution in [2.24, 2.45) is 0 Å². The number of nitrogens with one attached hydrogen (secondary N) is 1. The SMILES string of the molecule is CNCc1ccc(C)c(S(=O)(=O)N2CCCSCC2)c1. The lowest BCUT2D eigenvalue weighted by Crippen LogP contribution is -2.33. The van der Waals surface area contributed by atoms with Gasteiger partial charge in [0.05, 0.1) is 4.90 Å². The van der Waals surface area contributed by atoms with Crippen LogP contribution in [0.5, 0.6) is 0 Å². The lowest BCUT2D eigenvalue weighted by molar-refractivity contribution is 0.434. The second-order valence-electron chi connectivity index (χ2n) is 5.00. The Hall–Kier alpha value is -0.560. The van der Waals surface area contributed by atoms with Gasteiger partial charge in [-0.05, 0) is 43.3 Å². The minimum atomic E-state index is -3.36. The van der Waals surface area contributed by atoms with E-state index in [1.165, 1.54) is 0 Å². The maximum atomic E-state index is 12.8. The summed E-state index contributed by atoms with van der Waals surface area (Å²) in [6.45, 7) is 3.79. The first-order valence-corrected chi connectivity index (χ1v) is 9.47. The smallest absolute Gasteiger partial charge is 0.243 e. The molecule has 1 aliphatic rings. The Labute approximate surface area is 126 Å². The molecule has 0 unspecified atom stereocenters. The molecule has 1 fully saturated rings. The van der Waals surface area contributed by atoms with Gasteiger partial charge in [-0.3, -0.25) is 0 Å². The third-order valence-electron chi connectivity index (χ3n) is 3.43. The molecule has 1 aromatic rings. The zero-order valence-electron chi connectivity index (χ0n) is 12.1. The monoisotopic (exact) mass is 314 g/mol. The lowest BCUT2D eigenvalue weighted by atomic mass is 10.1. The van der Waals surface area contributed by atoms with E-state index in [2.05, 4.69) is 5.32 Å². The predicted molar refractivity (Wildman–Crippen MR) is 84.6 cm³/mol. The molecule has 6 heteroatoms. The van der Waals surface area contributed by atoms with E-state index in [1.807, 2.05) is 37.9 Å². The van der Waals surface area contributed by atoms with Crippen LogP contribution in [0.1, 0.15) is 17.5 Å². The van der Waals surface area contributed by atoms with Crippen molar-refractivity contribution in [2.75, 3.05) is 31.6 Å². The van der Waals surface area contributed by atoms with Gasteiger partial charge < -0.3 is 5.32 Å². The van der Waals surface area contributed by atoms with Gasteiger partial charge in [0, 0.05) is 25.4 Å². The fourth-order valence-electron chi connectivity index (χ4n) is 2.34. The van der Waals surface area contributed by atoms with Crippen molar-refractivity contribution in [3.05, 3.63) is 29.3 Å². The Balaban J connectivity index is 2.34. The Morgan fingerprint density at radius 2 is 2.10 bits per heavy atom. The maximum Gasteiger partial charge on any atom is 0.243 e. The molecule has 0 aromatic heterocycles. The lowest BCUT2D eigenvalue weighted by Gasteiger charge is -2.21. The molecular weight excluding hydrogens is 292 g/mol. The number of rotatable bonds is 4. The molecule has 1 aromatic carbocycles. The van der Waals surface area contributed by atoms with Gasteiger partial charge in [-0.2, -0.15) is 16.1 Å². The first kappa shape index (κ1) is 15.8. The number of sulfonamides is 1. The van der Waals surface area contributed by atoms with Gasteiger partial charge in [0.25, 0.3) is 0 Å². The van der Waals surface area contributed by atoms with Gasteiger partial charge in [-0.25, -0.2) is 8.42 Å². The van der Waals surface area contributed by atoms with E-state index >= 15 is 0 Å². The highest BCUT2D eigenvalue weighted by atomic mass is 32.2. The topological polar surface area (TPSA) is 49.4 Å². The van der Waals surface area contributed by atoms with Gasteiger partial charge in [0.2, 0.25) is 10.0 Å². The van der Waals surface area contributed by atoms with Crippen LogP contribution in [0.4, 0.5) is 0 Å². The predicted octanol–water partition coefficient (Wildman–Crippen LogP) is 1.84. The van der Waals surface area contributed by atoms with Crippen molar-refractivity contribution in [1.29, 1.82) is 0 Å². The van der Waals surface area contributed by atoms with E-state index in [0.717, 1.165) is 29.1 Å². The van der Waals surface area contributed by atoms with Crippen LogP contribution in [-0.4, -0.2) is 44.4 Å². The highest BCUT2D eigenvalue weighted by molar-refractivity contribution is 7.99. The largest absolute Gasteiger partial charge is 0.316 e. The molecular formula is C14H22N2O2S2. The summed E-state index contributed by atoms with van der Waals surface area (Å²) in [6.07, 6.45) is 0.930. The quantitative estimate of drug-likeness (QED) is 0.921. The Kier molecular flexibility index (Phi) is 5.49. The highest BCUT2D eigenvalue weighted by Gasteiger charge is 2.26. The Morgan fingerprint density at radius 3 is 2.85 bits per heavy atom. The van der Waals surface area contributed by atoms with E-state index in [4.69, 9.17) is 0 Å². The first-order chi connectivity index (χ1) is 9.55. The summed E-state index contributed by atoms with van der Waals surface area (Å²) in [6, 6.07) is 5.68. The van der Waals surface area contributed by atoms with E-state index in [0.29, 0.717) is 24.5 Å². The maximum absolute atomic E-state index is 12.8. The summed E-state index contributed by atoms with van der Waals surface area (Å²) in [5, 5.41) is 3.06. The van der Waals surface area contributed by atoms with Gasteiger partial charge in [-0.1, -0.05) is 12.1 Å². The second-order valence-corrected chi connectivity index (χ2v) is 8.13. The zero-order chi connectivity index (χ0) is 14.6. The van der Waals surface area contributed by atoms with Gasteiger partial charge in [0.15, 0.2) is 0 Å². The number of nitrogens with zero attached hydrogens (tertiary/aromatic N) is 1. The van der Waals surface area contributed by atoms with Crippen LogP contribution in [0, 0.1) is 6.92 Å². The summed E-state index contributed by atoms with van der Waals surface area (Å²) < 4.78 is 27.3. The Bertz CT molecular complexity index is 550. The van der Waals surface area contributed by atoms with Crippen LogP contribution in [0.3, 0.4) is 0 Å². The minimum absolute atomic E-state index is 0.456. The van der Waals surface area contributed by atoms with Crippen molar-refractivity contribution in [3.63, 3.8) is 0 Å².